The van der Waals surface area contributed by atoms with Crippen LogP contribution in [-0.2, 0) is 6.42 Å². The van der Waals surface area contributed by atoms with E-state index >= 15 is 0 Å². The lowest BCUT2D eigenvalue weighted by atomic mass is 10.1. The second-order valence-electron chi connectivity index (χ2n) is 4.22. The lowest BCUT2D eigenvalue weighted by Gasteiger charge is -1.98. The summed E-state index contributed by atoms with van der Waals surface area (Å²) in [6, 6.07) is 1.99. The number of hydrogen-bond acceptors (Lipinski definition) is 5. The van der Waals surface area contributed by atoms with Gasteiger partial charge in [0.1, 0.15) is 11.8 Å². The molecule has 2 aromatic heterocycles. The molecule has 6 nitrogen and oxygen atoms in total. The van der Waals surface area contributed by atoms with Crippen molar-refractivity contribution in [2.24, 2.45) is 5.92 Å². The molecule has 2 aromatic rings. The molecule has 0 saturated heterocycles. The minimum atomic E-state index is 0.337. The zero-order chi connectivity index (χ0) is 12.3. The van der Waals surface area contributed by atoms with Crippen LogP contribution < -0.4 is 0 Å². The monoisotopic (exact) mass is 231 g/mol. The van der Waals surface area contributed by atoms with Crippen molar-refractivity contribution < 1.29 is 4.52 Å². The van der Waals surface area contributed by atoms with Crippen molar-refractivity contribution in [1.82, 2.24) is 20.3 Å². The SMILES string of the molecule is CC(C)CCc1noc(-c2cn[nH]c2C#N)n1. The standard InChI is InChI=1S/C11H13N5O/c1-7(2)3-4-10-14-11(17-16-10)8-6-13-15-9(8)5-12/h6-7H,3-4H2,1-2H3,(H,13,15). The average molecular weight is 231 g/mol. The van der Waals surface area contributed by atoms with Gasteiger partial charge in [0.05, 0.1) is 11.8 Å². The summed E-state index contributed by atoms with van der Waals surface area (Å²) in [5, 5.41) is 19.1. The van der Waals surface area contributed by atoms with E-state index in [9.17, 15) is 0 Å². The van der Waals surface area contributed by atoms with E-state index < -0.39 is 0 Å². The molecule has 6 heteroatoms. The zero-order valence-corrected chi connectivity index (χ0v) is 9.77. The Morgan fingerprint density at radius 3 is 3.06 bits per heavy atom. The van der Waals surface area contributed by atoms with Crippen LogP contribution in [0.25, 0.3) is 11.5 Å². The first-order chi connectivity index (χ1) is 8.20. The topological polar surface area (TPSA) is 91.4 Å². The quantitative estimate of drug-likeness (QED) is 0.867. The van der Waals surface area contributed by atoms with Crippen LogP contribution >= 0.6 is 0 Å². The molecule has 17 heavy (non-hydrogen) atoms. The molecular weight excluding hydrogens is 218 g/mol. The van der Waals surface area contributed by atoms with Gasteiger partial charge in [-0.25, -0.2) is 0 Å². The van der Waals surface area contributed by atoms with Gasteiger partial charge < -0.3 is 4.52 Å². The molecule has 2 heterocycles. The Morgan fingerprint density at radius 1 is 1.53 bits per heavy atom. The van der Waals surface area contributed by atoms with Crippen LogP contribution in [0.5, 0.6) is 0 Å². The molecule has 0 radical (unpaired) electrons. The highest BCUT2D eigenvalue weighted by Crippen LogP contribution is 2.19. The van der Waals surface area contributed by atoms with Crippen molar-refractivity contribution >= 4 is 0 Å². The van der Waals surface area contributed by atoms with Crippen LogP contribution in [0.4, 0.5) is 0 Å². The maximum absolute atomic E-state index is 8.84. The molecule has 0 aliphatic carbocycles. The van der Waals surface area contributed by atoms with Crippen LogP contribution in [-0.4, -0.2) is 20.3 Å². The molecule has 0 amide bonds. The van der Waals surface area contributed by atoms with E-state index in [2.05, 4.69) is 34.2 Å². The van der Waals surface area contributed by atoms with Gasteiger partial charge in [-0.3, -0.25) is 5.10 Å². The number of hydrogen-bond donors (Lipinski definition) is 1. The number of rotatable bonds is 4. The summed E-state index contributed by atoms with van der Waals surface area (Å²) in [7, 11) is 0. The summed E-state index contributed by atoms with van der Waals surface area (Å²) < 4.78 is 5.11. The molecule has 2 rings (SSSR count). The van der Waals surface area contributed by atoms with Gasteiger partial charge in [0.25, 0.3) is 5.89 Å². The third-order valence-electron chi connectivity index (χ3n) is 2.39. The molecule has 88 valence electrons. The number of nitrogens with one attached hydrogen (secondary N) is 1. The Balaban J connectivity index is 2.16. The summed E-state index contributed by atoms with van der Waals surface area (Å²) in [6.07, 6.45) is 3.30. The van der Waals surface area contributed by atoms with Crippen LogP contribution in [0.3, 0.4) is 0 Å². The third-order valence-corrected chi connectivity index (χ3v) is 2.39. The number of aryl methyl sites for hydroxylation is 1. The Morgan fingerprint density at radius 2 is 2.35 bits per heavy atom. The van der Waals surface area contributed by atoms with E-state index in [0.29, 0.717) is 28.9 Å². The first-order valence-corrected chi connectivity index (χ1v) is 5.47. The van der Waals surface area contributed by atoms with E-state index in [1.54, 1.807) is 0 Å². The largest absolute Gasteiger partial charge is 0.334 e. The van der Waals surface area contributed by atoms with Gasteiger partial charge >= 0.3 is 0 Å². The molecular formula is C11H13N5O. The molecule has 1 N–H and O–H groups in total. The predicted octanol–water partition coefficient (Wildman–Crippen LogP) is 1.92. The third kappa shape index (κ3) is 2.50. The Kier molecular flexibility index (Phi) is 3.19. The van der Waals surface area contributed by atoms with Crippen molar-refractivity contribution in [3.8, 4) is 17.5 Å². The number of aromatic amines is 1. The molecule has 0 spiro atoms. The van der Waals surface area contributed by atoms with E-state index in [0.717, 1.165) is 12.8 Å². The molecule has 0 fully saturated rings. The van der Waals surface area contributed by atoms with Gasteiger partial charge in [-0.05, 0) is 12.3 Å². The maximum atomic E-state index is 8.84. The highest BCUT2D eigenvalue weighted by atomic mass is 16.5. The van der Waals surface area contributed by atoms with E-state index in [1.807, 2.05) is 6.07 Å². The highest BCUT2D eigenvalue weighted by Gasteiger charge is 2.14. The first kappa shape index (κ1) is 11.3. The molecule has 0 aliphatic heterocycles. The summed E-state index contributed by atoms with van der Waals surface area (Å²) in [4.78, 5) is 4.24. The van der Waals surface area contributed by atoms with E-state index in [4.69, 9.17) is 9.78 Å². The molecule has 0 saturated carbocycles. The highest BCUT2D eigenvalue weighted by molar-refractivity contribution is 5.58. The van der Waals surface area contributed by atoms with Gasteiger partial charge in [-0.15, -0.1) is 0 Å². The van der Waals surface area contributed by atoms with Crippen molar-refractivity contribution in [1.29, 1.82) is 5.26 Å². The molecule has 0 bridgehead atoms. The second-order valence-corrected chi connectivity index (χ2v) is 4.22. The Bertz CT molecular complexity index is 534. The van der Waals surface area contributed by atoms with E-state index in [-0.39, 0.29) is 0 Å². The van der Waals surface area contributed by atoms with Crippen LogP contribution in [0.15, 0.2) is 10.7 Å². The second kappa shape index (κ2) is 4.78. The fraction of sp³-hybridized carbons (Fsp3) is 0.455. The summed E-state index contributed by atoms with van der Waals surface area (Å²) in [5.74, 6) is 1.60. The van der Waals surface area contributed by atoms with Gasteiger partial charge in [-0.1, -0.05) is 19.0 Å². The molecule has 0 aliphatic rings. The van der Waals surface area contributed by atoms with Crippen molar-refractivity contribution in [2.45, 2.75) is 26.7 Å². The number of nitrogens with zero attached hydrogens (tertiary/aromatic N) is 4. The van der Waals surface area contributed by atoms with Gasteiger partial charge in [0.2, 0.25) is 0 Å². The number of aromatic nitrogens is 4. The predicted molar refractivity (Wildman–Crippen MR) is 59.8 cm³/mol. The van der Waals surface area contributed by atoms with Gasteiger partial charge in [0, 0.05) is 6.42 Å². The summed E-state index contributed by atoms with van der Waals surface area (Å²) in [6.45, 7) is 4.29. The van der Waals surface area contributed by atoms with Crippen LogP contribution in [0.2, 0.25) is 0 Å². The molecule has 0 unspecified atom stereocenters. The minimum Gasteiger partial charge on any atom is -0.334 e. The van der Waals surface area contributed by atoms with Crippen molar-refractivity contribution in [2.75, 3.05) is 0 Å². The van der Waals surface area contributed by atoms with Gasteiger partial charge in [0.15, 0.2) is 5.82 Å². The van der Waals surface area contributed by atoms with Gasteiger partial charge in [-0.2, -0.15) is 15.3 Å². The lowest BCUT2D eigenvalue weighted by molar-refractivity contribution is 0.419. The Labute approximate surface area is 98.7 Å². The lowest BCUT2D eigenvalue weighted by Crippen LogP contribution is -1.93. The molecule has 0 aromatic carbocycles. The summed E-state index contributed by atoms with van der Waals surface area (Å²) >= 11 is 0. The van der Waals surface area contributed by atoms with Crippen molar-refractivity contribution in [3.05, 3.63) is 17.7 Å². The number of nitriles is 1. The summed E-state index contributed by atoms with van der Waals surface area (Å²) in [5.41, 5.74) is 0.889. The smallest absolute Gasteiger partial charge is 0.262 e. The number of H-pyrrole nitrogens is 1. The molecule has 0 atom stereocenters. The van der Waals surface area contributed by atoms with Crippen LogP contribution in [0, 0.1) is 17.2 Å². The zero-order valence-electron chi connectivity index (χ0n) is 9.77. The fourth-order valence-electron chi connectivity index (χ4n) is 1.42. The van der Waals surface area contributed by atoms with Crippen molar-refractivity contribution in [3.63, 3.8) is 0 Å². The maximum Gasteiger partial charge on any atom is 0.262 e. The van der Waals surface area contributed by atoms with E-state index in [1.165, 1.54) is 6.20 Å². The normalized spacial score (nSPS) is 10.7. The average Bonchev–Trinajstić information content (AvgIpc) is 2.94. The minimum absolute atomic E-state index is 0.337. The Hall–Kier alpha value is -2.16. The first-order valence-electron chi connectivity index (χ1n) is 5.47. The van der Waals surface area contributed by atoms with Crippen LogP contribution in [0.1, 0.15) is 31.8 Å². The fourth-order valence-corrected chi connectivity index (χ4v) is 1.42.